The van der Waals surface area contributed by atoms with Crippen molar-refractivity contribution in [2.45, 2.75) is 24.4 Å². The first-order valence-corrected chi connectivity index (χ1v) is 10.4. The number of rotatable bonds is 5. The fourth-order valence-corrected chi connectivity index (χ4v) is 3.52. The highest BCUT2D eigenvalue weighted by atomic mass is 32.2. The number of fused-ring (bicyclic) bond motifs is 1. The number of nitrogens with one attached hydrogen (secondary N) is 1. The quantitative estimate of drug-likeness (QED) is 0.691. The second kappa shape index (κ2) is 8.00. The van der Waals surface area contributed by atoms with E-state index >= 15 is 0 Å². The average Bonchev–Trinajstić information content (AvgIpc) is 2.67. The number of nitrogens with zero attached hydrogens (tertiary/aromatic N) is 1. The molecule has 0 aliphatic carbocycles. The molecule has 0 heterocycles. The van der Waals surface area contributed by atoms with Crippen LogP contribution in [-0.4, -0.2) is 26.4 Å². The van der Waals surface area contributed by atoms with Gasteiger partial charge in [0.2, 0.25) is 10.0 Å². The van der Waals surface area contributed by atoms with Gasteiger partial charge in [-0.25, -0.2) is 18.4 Å². The molecule has 1 unspecified atom stereocenters. The molecule has 146 valence electrons. The largest absolute Gasteiger partial charge is 0.331 e. The summed E-state index contributed by atoms with van der Waals surface area (Å²) in [6, 6.07) is 19.9. The summed E-state index contributed by atoms with van der Waals surface area (Å²) in [7, 11) is -1.99. The summed E-state index contributed by atoms with van der Waals surface area (Å²) in [6.45, 7) is 2.32. The van der Waals surface area contributed by atoms with Crippen LogP contribution >= 0.6 is 0 Å². The molecular formula is C21H23N3O3S. The number of primary sulfonamides is 1. The van der Waals surface area contributed by atoms with Crippen molar-refractivity contribution in [3.63, 3.8) is 0 Å². The van der Waals surface area contributed by atoms with Crippen molar-refractivity contribution in [2.75, 3.05) is 7.05 Å². The number of nitrogens with two attached hydrogens (primary N) is 1. The molecule has 0 fully saturated rings. The number of urea groups is 1. The van der Waals surface area contributed by atoms with Gasteiger partial charge in [-0.2, -0.15) is 0 Å². The highest BCUT2D eigenvalue weighted by Crippen LogP contribution is 2.18. The van der Waals surface area contributed by atoms with Crippen molar-refractivity contribution in [3.05, 3.63) is 77.9 Å². The van der Waals surface area contributed by atoms with Crippen LogP contribution in [0.4, 0.5) is 4.79 Å². The topological polar surface area (TPSA) is 92.5 Å². The lowest BCUT2D eigenvalue weighted by Gasteiger charge is -2.22. The van der Waals surface area contributed by atoms with Crippen molar-refractivity contribution in [1.82, 2.24) is 10.2 Å². The maximum atomic E-state index is 12.5. The van der Waals surface area contributed by atoms with Crippen LogP contribution in [0.5, 0.6) is 0 Å². The van der Waals surface area contributed by atoms with Crippen molar-refractivity contribution in [2.24, 2.45) is 5.14 Å². The van der Waals surface area contributed by atoms with Crippen LogP contribution in [0, 0.1) is 0 Å². The molecule has 0 aliphatic heterocycles. The van der Waals surface area contributed by atoms with Gasteiger partial charge in [0.15, 0.2) is 0 Å². The van der Waals surface area contributed by atoms with E-state index < -0.39 is 10.0 Å². The molecule has 0 aromatic heterocycles. The Bertz CT molecular complexity index is 1100. The minimum atomic E-state index is -3.73. The van der Waals surface area contributed by atoms with Crippen LogP contribution in [0.1, 0.15) is 24.1 Å². The molecule has 3 aromatic rings. The van der Waals surface area contributed by atoms with Gasteiger partial charge in [-0.15, -0.1) is 0 Å². The number of amides is 2. The van der Waals surface area contributed by atoms with E-state index in [4.69, 9.17) is 5.14 Å². The molecule has 3 aromatic carbocycles. The van der Waals surface area contributed by atoms with Crippen LogP contribution in [0.25, 0.3) is 10.8 Å². The van der Waals surface area contributed by atoms with E-state index in [2.05, 4.69) is 17.4 Å². The Balaban J connectivity index is 1.64. The maximum absolute atomic E-state index is 12.5. The third-order valence-electron chi connectivity index (χ3n) is 4.63. The predicted molar refractivity (Wildman–Crippen MR) is 110 cm³/mol. The molecule has 1 atom stereocenters. The fourth-order valence-electron chi connectivity index (χ4n) is 3.01. The molecule has 3 rings (SSSR count). The van der Waals surface area contributed by atoms with Gasteiger partial charge >= 0.3 is 6.03 Å². The van der Waals surface area contributed by atoms with Crippen molar-refractivity contribution >= 4 is 26.8 Å². The minimum Gasteiger partial charge on any atom is -0.331 e. The monoisotopic (exact) mass is 397 g/mol. The summed E-state index contributed by atoms with van der Waals surface area (Å²) in [5.74, 6) is 0. The lowest BCUT2D eigenvalue weighted by atomic mass is 10.1. The highest BCUT2D eigenvalue weighted by Gasteiger charge is 2.15. The Labute approximate surface area is 165 Å². The Hall–Kier alpha value is -2.90. The van der Waals surface area contributed by atoms with Crippen LogP contribution in [0.3, 0.4) is 0 Å². The first-order valence-electron chi connectivity index (χ1n) is 8.86. The number of hydrogen-bond donors (Lipinski definition) is 2. The second-order valence-corrected chi connectivity index (χ2v) is 8.38. The summed E-state index contributed by atoms with van der Waals surface area (Å²) < 4.78 is 22.7. The van der Waals surface area contributed by atoms with E-state index in [0.717, 1.165) is 21.9 Å². The van der Waals surface area contributed by atoms with Crippen LogP contribution < -0.4 is 10.5 Å². The van der Waals surface area contributed by atoms with Gasteiger partial charge in [-0.05, 0) is 47.0 Å². The van der Waals surface area contributed by atoms with Crippen molar-refractivity contribution < 1.29 is 13.2 Å². The fraction of sp³-hybridized carbons (Fsp3) is 0.190. The molecule has 2 amide bonds. The molecular weight excluding hydrogens is 374 g/mol. The average molecular weight is 398 g/mol. The van der Waals surface area contributed by atoms with Gasteiger partial charge in [0, 0.05) is 13.6 Å². The number of hydrogen-bond acceptors (Lipinski definition) is 3. The summed E-state index contributed by atoms with van der Waals surface area (Å²) >= 11 is 0. The molecule has 3 N–H and O–H groups in total. The standard InChI is InChI=1S/C21H23N3O3S/c1-15(17-9-11-20(12-10-17)28(22,26)27)23-21(25)24(2)14-16-7-8-18-5-3-4-6-19(18)13-16/h3-13,15H,14H2,1-2H3,(H,23,25)(H2,22,26,27). The molecule has 0 saturated heterocycles. The lowest BCUT2D eigenvalue weighted by molar-refractivity contribution is 0.203. The van der Waals surface area contributed by atoms with Gasteiger partial charge in [0.1, 0.15) is 0 Å². The summed E-state index contributed by atoms with van der Waals surface area (Å²) in [5.41, 5.74) is 1.83. The Morgan fingerprint density at radius 3 is 2.32 bits per heavy atom. The number of sulfonamides is 1. The van der Waals surface area contributed by atoms with Gasteiger partial charge in [-0.1, -0.05) is 48.5 Å². The SMILES string of the molecule is CC(NC(=O)N(C)Cc1ccc2ccccc2c1)c1ccc(S(N)(=O)=O)cc1. The van der Waals surface area contributed by atoms with Gasteiger partial charge in [-0.3, -0.25) is 0 Å². The van der Waals surface area contributed by atoms with Crippen LogP contribution in [0.2, 0.25) is 0 Å². The van der Waals surface area contributed by atoms with E-state index in [9.17, 15) is 13.2 Å². The second-order valence-electron chi connectivity index (χ2n) is 6.82. The molecule has 28 heavy (non-hydrogen) atoms. The van der Waals surface area contributed by atoms with E-state index in [-0.39, 0.29) is 17.0 Å². The zero-order valence-electron chi connectivity index (χ0n) is 15.8. The molecule has 0 aliphatic rings. The summed E-state index contributed by atoms with van der Waals surface area (Å²) in [4.78, 5) is 14.2. The highest BCUT2D eigenvalue weighted by molar-refractivity contribution is 7.89. The molecule has 0 saturated carbocycles. The molecule has 6 nitrogen and oxygen atoms in total. The smallest absolute Gasteiger partial charge is 0.317 e. The maximum Gasteiger partial charge on any atom is 0.317 e. The molecule has 0 spiro atoms. The van der Waals surface area contributed by atoms with Crippen molar-refractivity contribution in [1.29, 1.82) is 0 Å². The van der Waals surface area contributed by atoms with Crippen LogP contribution in [0.15, 0.2) is 71.6 Å². The molecule has 0 radical (unpaired) electrons. The van der Waals surface area contributed by atoms with Gasteiger partial charge < -0.3 is 10.2 Å². The van der Waals surface area contributed by atoms with Crippen LogP contribution in [-0.2, 0) is 16.6 Å². The lowest BCUT2D eigenvalue weighted by Crippen LogP contribution is -2.38. The van der Waals surface area contributed by atoms with E-state index in [1.54, 1.807) is 24.1 Å². The zero-order valence-corrected chi connectivity index (χ0v) is 16.6. The minimum absolute atomic E-state index is 0.0446. The normalized spacial score (nSPS) is 12.5. The number of carbonyl (C=O) groups excluding carboxylic acids is 1. The van der Waals surface area contributed by atoms with E-state index in [1.165, 1.54) is 12.1 Å². The predicted octanol–water partition coefficient (Wildman–Crippen LogP) is 3.39. The first kappa shape index (κ1) is 19.9. The van der Waals surface area contributed by atoms with Gasteiger partial charge in [0.25, 0.3) is 0 Å². The van der Waals surface area contributed by atoms with E-state index in [0.29, 0.717) is 6.54 Å². The number of benzene rings is 3. The first-order chi connectivity index (χ1) is 13.2. The summed E-state index contributed by atoms with van der Waals surface area (Å²) in [5, 5.41) is 10.3. The molecule has 7 heteroatoms. The number of carbonyl (C=O) groups is 1. The Kier molecular flexibility index (Phi) is 5.67. The summed E-state index contributed by atoms with van der Waals surface area (Å²) in [6.07, 6.45) is 0. The Morgan fingerprint density at radius 2 is 1.68 bits per heavy atom. The van der Waals surface area contributed by atoms with Crippen molar-refractivity contribution in [3.8, 4) is 0 Å². The Morgan fingerprint density at radius 1 is 1.04 bits per heavy atom. The van der Waals surface area contributed by atoms with Gasteiger partial charge in [0.05, 0.1) is 10.9 Å². The zero-order chi connectivity index (χ0) is 20.3. The van der Waals surface area contributed by atoms with E-state index in [1.807, 2.05) is 37.3 Å². The third-order valence-corrected chi connectivity index (χ3v) is 5.56. The molecule has 0 bridgehead atoms. The third kappa shape index (κ3) is 4.68.